The van der Waals surface area contributed by atoms with Crippen molar-refractivity contribution in [1.82, 2.24) is 14.7 Å². The minimum Gasteiger partial charge on any atom is -0.366 e. The number of carbonyl (C=O) groups is 1. The van der Waals surface area contributed by atoms with Crippen molar-refractivity contribution in [3.05, 3.63) is 83.7 Å². The van der Waals surface area contributed by atoms with Gasteiger partial charge in [0.05, 0.1) is 5.69 Å². The topological polar surface area (TPSA) is 64.2 Å². The van der Waals surface area contributed by atoms with Gasteiger partial charge in [0, 0.05) is 37.1 Å². The van der Waals surface area contributed by atoms with Crippen LogP contribution in [0.4, 0.5) is 0 Å². The van der Waals surface area contributed by atoms with Gasteiger partial charge < -0.3 is 5.73 Å². The molecule has 0 unspecified atom stereocenters. The Morgan fingerprint density at radius 3 is 2.15 bits per heavy atom. The van der Waals surface area contributed by atoms with Gasteiger partial charge in [-0.2, -0.15) is 5.10 Å². The Balaban J connectivity index is 1.44. The van der Waals surface area contributed by atoms with E-state index in [0.29, 0.717) is 11.6 Å². The number of aromatic nitrogens is 2. The predicted octanol–water partition coefficient (Wildman–Crippen LogP) is 3.14. The molecule has 132 valence electrons. The maximum atomic E-state index is 11.2. The summed E-state index contributed by atoms with van der Waals surface area (Å²) in [7, 11) is 0. The van der Waals surface area contributed by atoms with E-state index in [4.69, 9.17) is 5.73 Å². The lowest BCUT2D eigenvalue weighted by molar-refractivity contribution is 0.100. The monoisotopic (exact) mass is 346 g/mol. The first kappa shape index (κ1) is 16.5. The molecule has 0 bridgehead atoms. The van der Waals surface area contributed by atoms with E-state index in [0.717, 1.165) is 18.8 Å². The number of nitrogens with two attached hydrogens (primary N) is 1. The van der Waals surface area contributed by atoms with Crippen LogP contribution in [0.15, 0.2) is 67.0 Å². The molecule has 0 radical (unpaired) electrons. The summed E-state index contributed by atoms with van der Waals surface area (Å²) in [5.41, 5.74) is 9.44. The summed E-state index contributed by atoms with van der Waals surface area (Å²) in [6.45, 7) is 1.80. The van der Waals surface area contributed by atoms with Crippen molar-refractivity contribution in [3.8, 4) is 5.69 Å². The molecule has 2 N–H and O–H groups in total. The number of hydrogen-bond acceptors (Lipinski definition) is 3. The number of primary amides is 1. The highest BCUT2D eigenvalue weighted by Crippen LogP contribution is 2.30. The van der Waals surface area contributed by atoms with Crippen LogP contribution < -0.4 is 5.73 Å². The van der Waals surface area contributed by atoms with E-state index in [1.807, 2.05) is 41.2 Å². The van der Waals surface area contributed by atoms with Gasteiger partial charge in [-0.3, -0.25) is 9.69 Å². The van der Waals surface area contributed by atoms with E-state index in [1.165, 1.54) is 24.0 Å². The lowest BCUT2D eigenvalue weighted by Gasteiger charge is -2.22. The Hall–Kier alpha value is -2.92. The van der Waals surface area contributed by atoms with Gasteiger partial charge >= 0.3 is 0 Å². The maximum absolute atomic E-state index is 11.2. The first-order chi connectivity index (χ1) is 12.7. The second-order valence-electron chi connectivity index (χ2n) is 6.81. The fraction of sp³-hybridized carbons (Fsp3) is 0.238. The molecule has 2 aromatic carbocycles. The molecular formula is C21H22N4O. The van der Waals surface area contributed by atoms with Crippen LogP contribution in [-0.4, -0.2) is 26.6 Å². The molecule has 0 atom stereocenters. The lowest BCUT2D eigenvalue weighted by atomic mass is 10.1. The van der Waals surface area contributed by atoms with Crippen molar-refractivity contribution in [2.45, 2.75) is 32.0 Å². The molecule has 4 rings (SSSR count). The summed E-state index contributed by atoms with van der Waals surface area (Å²) >= 11 is 0. The van der Waals surface area contributed by atoms with Crippen molar-refractivity contribution >= 4 is 5.91 Å². The van der Waals surface area contributed by atoms with Gasteiger partial charge in [-0.05, 0) is 54.3 Å². The van der Waals surface area contributed by atoms with Gasteiger partial charge in [-0.25, -0.2) is 4.68 Å². The van der Waals surface area contributed by atoms with Crippen LogP contribution in [0.3, 0.4) is 0 Å². The molecule has 26 heavy (non-hydrogen) atoms. The second kappa shape index (κ2) is 7.14. The Morgan fingerprint density at radius 1 is 1.04 bits per heavy atom. The minimum atomic E-state index is -0.382. The maximum Gasteiger partial charge on any atom is 0.248 e. The smallest absolute Gasteiger partial charge is 0.248 e. The van der Waals surface area contributed by atoms with E-state index in [2.05, 4.69) is 34.3 Å². The first-order valence-corrected chi connectivity index (χ1v) is 8.91. The highest BCUT2D eigenvalue weighted by atomic mass is 16.1. The Morgan fingerprint density at radius 2 is 1.65 bits per heavy atom. The molecule has 1 aliphatic rings. The number of benzene rings is 2. The normalized spacial score (nSPS) is 13.9. The summed E-state index contributed by atoms with van der Waals surface area (Å²) in [5, 5.41) is 4.26. The zero-order chi connectivity index (χ0) is 17.9. The summed E-state index contributed by atoms with van der Waals surface area (Å²) in [4.78, 5) is 13.7. The van der Waals surface area contributed by atoms with E-state index in [-0.39, 0.29) is 5.91 Å². The largest absolute Gasteiger partial charge is 0.366 e. The van der Waals surface area contributed by atoms with Crippen molar-refractivity contribution in [2.75, 3.05) is 0 Å². The van der Waals surface area contributed by atoms with Crippen LogP contribution in [-0.2, 0) is 13.1 Å². The van der Waals surface area contributed by atoms with Gasteiger partial charge in [0.25, 0.3) is 0 Å². The molecule has 3 aromatic rings. The number of amides is 1. The van der Waals surface area contributed by atoms with Crippen LogP contribution in [0, 0.1) is 0 Å². The molecule has 1 amide bonds. The van der Waals surface area contributed by atoms with Gasteiger partial charge in [0.15, 0.2) is 0 Å². The molecular weight excluding hydrogens is 324 g/mol. The van der Waals surface area contributed by atoms with E-state index >= 15 is 0 Å². The van der Waals surface area contributed by atoms with Crippen LogP contribution >= 0.6 is 0 Å². The second-order valence-corrected chi connectivity index (χ2v) is 6.81. The fourth-order valence-electron chi connectivity index (χ4n) is 3.17. The Bertz CT molecular complexity index is 865. The van der Waals surface area contributed by atoms with Crippen LogP contribution in [0.5, 0.6) is 0 Å². The van der Waals surface area contributed by atoms with Gasteiger partial charge in [-0.1, -0.05) is 24.3 Å². The van der Waals surface area contributed by atoms with Crippen molar-refractivity contribution in [2.24, 2.45) is 5.73 Å². The number of rotatable bonds is 7. The van der Waals surface area contributed by atoms with Crippen molar-refractivity contribution < 1.29 is 4.79 Å². The molecule has 0 saturated heterocycles. The third-order valence-electron chi connectivity index (χ3n) is 4.78. The standard InChI is InChI=1S/C21H22N4O/c22-21(26)18-6-2-16(3-7-18)14-24(19-10-11-19)15-17-4-8-20(9-5-17)25-13-1-12-23-25/h1-9,12-13,19H,10-11,14-15H2,(H2,22,26). The Labute approximate surface area is 153 Å². The summed E-state index contributed by atoms with van der Waals surface area (Å²) in [5.74, 6) is -0.382. The van der Waals surface area contributed by atoms with Gasteiger partial charge in [-0.15, -0.1) is 0 Å². The Kier molecular flexibility index (Phi) is 4.54. The van der Waals surface area contributed by atoms with E-state index in [9.17, 15) is 4.79 Å². The summed E-state index contributed by atoms with van der Waals surface area (Å²) in [6.07, 6.45) is 6.24. The average Bonchev–Trinajstić information content (AvgIpc) is 3.36. The van der Waals surface area contributed by atoms with Crippen LogP contribution in [0.1, 0.15) is 34.3 Å². The molecule has 0 spiro atoms. The van der Waals surface area contributed by atoms with Gasteiger partial charge in [0.2, 0.25) is 5.91 Å². The lowest BCUT2D eigenvalue weighted by Crippen LogP contribution is -2.25. The SMILES string of the molecule is NC(=O)c1ccc(CN(Cc2ccc(-n3cccn3)cc2)C2CC2)cc1. The predicted molar refractivity (Wildman–Crippen MR) is 101 cm³/mol. The van der Waals surface area contributed by atoms with Gasteiger partial charge in [0.1, 0.15) is 0 Å². The number of nitrogens with zero attached hydrogens (tertiary/aromatic N) is 3. The zero-order valence-electron chi connectivity index (χ0n) is 14.6. The summed E-state index contributed by atoms with van der Waals surface area (Å²) in [6, 6.07) is 18.7. The number of carbonyl (C=O) groups excluding carboxylic acids is 1. The minimum absolute atomic E-state index is 0.382. The van der Waals surface area contributed by atoms with E-state index < -0.39 is 0 Å². The van der Waals surface area contributed by atoms with E-state index in [1.54, 1.807) is 6.20 Å². The third kappa shape index (κ3) is 3.83. The average molecular weight is 346 g/mol. The quantitative estimate of drug-likeness (QED) is 0.715. The van der Waals surface area contributed by atoms with Crippen LogP contribution in [0.25, 0.3) is 5.69 Å². The molecule has 1 aliphatic carbocycles. The molecule has 0 aliphatic heterocycles. The number of hydrogen-bond donors (Lipinski definition) is 1. The highest BCUT2D eigenvalue weighted by molar-refractivity contribution is 5.92. The first-order valence-electron chi connectivity index (χ1n) is 8.91. The fourth-order valence-corrected chi connectivity index (χ4v) is 3.17. The molecule has 1 fully saturated rings. The van der Waals surface area contributed by atoms with Crippen LogP contribution in [0.2, 0.25) is 0 Å². The van der Waals surface area contributed by atoms with Crippen molar-refractivity contribution in [1.29, 1.82) is 0 Å². The molecule has 1 aromatic heterocycles. The highest BCUT2D eigenvalue weighted by Gasteiger charge is 2.28. The summed E-state index contributed by atoms with van der Waals surface area (Å²) < 4.78 is 1.86. The van der Waals surface area contributed by atoms with Crippen molar-refractivity contribution in [3.63, 3.8) is 0 Å². The third-order valence-corrected chi connectivity index (χ3v) is 4.78. The molecule has 5 nitrogen and oxygen atoms in total. The molecule has 5 heteroatoms. The molecule has 1 heterocycles. The molecule has 1 saturated carbocycles. The zero-order valence-corrected chi connectivity index (χ0v) is 14.6.